The molecule has 0 aliphatic carbocycles. The molecule has 0 unspecified atom stereocenters. The van der Waals surface area contributed by atoms with Crippen LogP contribution in [0, 0.1) is 0 Å². The van der Waals surface area contributed by atoms with Gasteiger partial charge < -0.3 is 15.4 Å². The van der Waals surface area contributed by atoms with Crippen molar-refractivity contribution in [3.05, 3.63) is 36.7 Å². The van der Waals surface area contributed by atoms with E-state index in [2.05, 4.69) is 20.8 Å². The highest BCUT2D eigenvalue weighted by atomic mass is 16.5. The second-order valence-corrected chi connectivity index (χ2v) is 4.86. The first-order valence-electron chi connectivity index (χ1n) is 6.86. The first-order chi connectivity index (χ1) is 10.2. The van der Waals surface area contributed by atoms with Crippen molar-refractivity contribution in [3.8, 4) is 5.69 Å². The molecule has 1 aromatic heterocycles. The van der Waals surface area contributed by atoms with E-state index in [1.165, 1.54) is 4.80 Å². The van der Waals surface area contributed by atoms with E-state index in [-0.39, 0.29) is 18.1 Å². The number of morpholine rings is 1. The Morgan fingerprint density at radius 3 is 2.71 bits per heavy atom. The van der Waals surface area contributed by atoms with Crippen molar-refractivity contribution >= 4 is 11.6 Å². The number of aromatic nitrogens is 3. The summed E-state index contributed by atoms with van der Waals surface area (Å²) in [6, 6.07) is 7.02. The van der Waals surface area contributed by atoms with E-state index in [9.17, 15) is 4.79 Å². The molecule has 1 aliphatic rings. The van der Waals surface area contributed by atoms with Crippen molar-refractivity contribution in [2.75, 3.05) is 18.5 Å². The van der Waals surface area contributed by atoms with Gasteiger partial charge in [0.05, 0.1) is 30.8 Å². The topological polar surface area (TPSA) is 81.1 Å². The van der Waals surface area contributed by atoms with Crippen molar-refractivity contribution in [2.45, 2.75) is 19.1 Å². The summed E-state index contributed by atoms with van der Waals surface area (Å²) in [5.41, 5.74) is 1.57. The van der Waals surface area contributed by atoms with Crippen LogP contribution in [0.4, 0.5) is 5.69 Å². The van der Waals surface area contributed by atoms with Crippen LogP contribution in [0.3, 0.4) is 0 Å². The lowest BCUT2D eigenvalue weighted by Crippen LogP contribution is -2.53. The van der Waals surface area contributed by atoms with Crippen LogP contribution < -0.4 is 10.6 Å². The van der Waals surface area contributed by atoms with E-state index >= 15 is 0 Å². The molecular weight excluding hydrogens is 270 g/mol. The van der Waals surface area contributed by atoms with Crippen LogP contribution in [-0.4, -0.2) is 46.2 Å². The molecule has 2 atom stereocenters. The second kappa shape index (κ2) is 6.02. The molecule has 21 heavy (non-hydrogen) atoms. The highest BCUT2D eigenvalue weighted by Crippen LogP contribution is 2.13. The third-order valence-corrected chi connectivity index (χ3v) is 3.38. The lowest BCUT2D eigenvalue weighted by Gasteiger charge is -2.29. The summed E-state index contributed by atoms with van der Waals surface area (Å²) in [6.45, 7) is 3.21. The number of rotatable bonds is 3. The van der Waals surface area contributed by atoms with Crippen LogP contribution in [0.25, 0.3) is 5.69 Å². The molecule has 7 heteroatoms. The largest absolute Gasteiger partial charge is 0.375 e. The van der Waals surface area contributed by atoms with E-state index in [0.717, 1.165) is 11.4 Å². The zero-order valence-corrected chi connectivity index (χ0v) is 11.7. The third kappa shape index (κ3) is 3.09. The average molecular weight is 287 g/mol. The first-order valence-corrected chi connectivity index (χ1v) is 6.86. The van der Waals surface area contributed by atoms with Gasteiger partial charge in [-0.15, -0.1) is 0 Å². The standard InChI is InChI=1S/C14H17N5O2/c1-10-13(15-8-9-21-10)14(20)18-11-2-4-12(5-3-11)19-16-6-7-17-19/h2-7,10,13,15H,8-9H2,1H3,(H,18,20)/t10-,13+/m1/s1. The molecule has 110 valence electrons. The predicted molar refractivity (Wildman–Crippen MR) is 77.2 cm³/mol. The number of nitrogens with zero attached hydrogens (tertiary/aromatic N) is 3. The molecule has 1 aromatic carbocycles. The number of carbonyl (C=O) groups is 1. The Morgan fingerprint density at radius 1 is 1.33 bits per heavy atom. The Morgan fingerprint density at radius 2 is 2.05 bits per heavy atom. The van der Waals surface area contributed by atoms with Crippen LogP contribution in [0.15, 0.2) is 36.7 Å². The highest BCUT2D eigenvalue weighted by molar-refractivity contribution is 5.95. The maximum absolute atomic E-state index is 12.2. The van der Waals surface area contributed by atoms with E-state index in [1.807, 2.05) is 31.2 Å². The number of carbonyl (C=O) groups excluding carboxylic acids is 1. The molecule has 1 saturated heterocycles. The lowest BCUT2D eigenvalue weighted by molar-refractivity contribution is -0.123. The number of hydrogen-bond acceptors (Lipinski definition) is 5. The number of ether oxygens (including phenoxy) is 1. The number of nitrogens with one attached hydrogen (secondary N) is 2. The van der Waals surface area contributed by atoms with E-state index < -0.39 is 0 Å². The Hall–Kier alpha value is -2.25. The van der Waals surface area contributed by atoms with Crippen LogP contribution in [-0.2, 0) is 9.53 Å². The molecule has 2 aromatic rings. The number of amides is 1. The fourth-order valence-electron chi connectivity index (χ4n) is 2.27. The van der Waals surface area contributed by atoms with Crippen LogP contribution in [0.2, 0.25) is 0 Å². The molecule has 1 amide bonds. The zero-order valence-electron chi connectivity index (χ0n) is 11.7. The Labute approximate surface area is 122 Å². The van der Waals surface area contributed by atoms with Gasteiger partial charge in [0.2, 0.25) is 5.91 Å². The smallest absolute Gasteiger partial charge is 0.244 e. The Balaban J connectivity index is 1.66. The van der Waals surface area contributed by atoms with Crippen molar-refractivity contribution in [1.82, 2.24) is 20.3 Å². The number of anilines is 1. The summed E-state index contributed by atoms with van der Waals surface area (Å²) in [5, 5.41) is 14.1. The predicted octanol–water partition coefficient (Wildman–Crippen LogP) is 0.583. The van der Waals surface area contributed by atoms with Gasteiger partial charge in [-0.2, -0.15) is 15.0 Å². The quantitative estimate of drug-likeness (QED) is 0.863. The molecule has 1 fully saturated rings. The van der Waals surface area contributed by atoms with E-state index in [1.54, 1.807) is 12.4 Å². The molecule has 7 nitrogen and oxygen atoms in total. The van der Waals surface area contributed by atoms with Gasteiger partial charge in [0.1, 0.15) is 6.04 Å². The average Bonchev–Trinajstić information content (AvgIpc) is 3.02. The summed E-state index contributed by atoms with van der Waals surface area (Å²) in [6.07, 6.45) is 3.10. The molecule has 0 radical (unpaired) electrons. The van der Waals surface area contributed by atoms with Gasteiger partial charge in [-0.1, -0.05) is 0 Å². The summed E-state index contributed by atoms with van der Waals surface area (Å²) < 4.78 is 5.47. The summed E-state index contributed by atoms with van der Waals surface area (Å²) >= 11 is 0. The van der Waals surface area contributed by atoms with Crippen molar-refractivity contribution in [3.63, 3.8) is 0 Å². The molecule has 0 saturated carbocycles. The summed E-state index contributed by atoms with van der Waals surface area (Å²) in [7, 11) is 0. The van der Waals surface area contributed by atoms with Gasteiger partial charge in [0.25, 0.3) is 0 Å². The molecule has 2 N–H and O–H groups in total. The minimum Gasteiger partial charge on any atom is -0.375 e. The second-order valence-electron chi connectivity index (χ2n) is 4.86. The Kier molecular flexibility index (Phi) is 3.94. The van der Waals surface area contributed by atoms with Crippen molar-refractivity contribution < 1.29 is 9.53 Å². The first kappa shape index (κ1) is 13.7. The maximum atomic E-state index is 12.2. The molecule has 2 heterocycles. The van der Waals surface area contributed by atoms with Crippen molar-refractivity contribution in [1.29, 1.82) is 0 Å². The van der Waals surface area contributed by atoms with Gasteiger partial charge >= 0.3 is 0 Å². The fourth-order valence-corrected chi connectivity index (χ4v) is 2.27. The normalized spacial score (nSPS) is 22.0. The molecule has 1 aliphatic heterocycles. The van der Waals surface area contributed by atoms with E-state index in [0.29, 0.717) is 13.2 Å². The molecule has 3 rings (SSSR count). The lowest BCUT2D eigenvalue weighted by atomic mass is 10.1. The van der Waals surface area contributed by atoms with Crippen molar-refractivity contribution in [2.24, 2.45) is 0 Å². The monoisotopic (exact) mass is 287 g/mol. The zero-order chi connectivity index (χ0) is 14.7. The summed E-state index contributed by atoms with van der Waals surface area (Å²) in [5.74, 6) is -0.0906. The number of hydrogen-bond donors (Lipinski definition) is 2. The number of benzene rings is 1. The van der Waals surface area contributed by atoms with Gasteiger partial charge in [-0.25, -0.2) is 0 Å². The van der Waals surface area contributed by atoms with Crippen LogP contribution in [0.5, 0.6) is 0 Å². The van der Waals surface area contributed by atoms with E-state index in [4.69, 9.17) is 4.74 Å². The van der Waals surface area contributed by atoms with Gasteiger partial charge in [-0.3, -0.25) is 4.79 Å². The summed E-state index contributed by atoms with van der Waals surface area (Å²) in [4.78, 5) is 13.7. The van der Waals surface area contributed by atoms with Crippen LogP contribution in [0.1, 0.15) is 6.92 Å². The Bertz CT molecular complexity index is 596. The maximum Gasteiger partial charge on any atom is 0.244 e. The molecular formula is C14H17N5O2. The van der Waals surface area contributed by atoms with Gasteiger partial charge in [0.15, 0.2) is 0 Å². The fraction of sp³-hybridized carbons (Fsp3) is 0.357. The molecule has 0 spiro atoms. The molecule has 0 bridgehead atoms. The SMILES string of the molecule is C[C@H]1OCCN[C@@H]1C(=O)Nc1ccc(-n2nccn2)cc1. The van der Waals surface area contributed by atoms with Gasteiger partial charge in [-0.05, 0) is 31.2 Å². The minimum atomic E-state index is -0.328. The van der Waals surface area contributed by atoms with Gasteiger partial charge in [0, 0.05) is 12.2 Å². The highest BCUT2D eigenvalue weighted by Gasteiger charge is 2.28. The van der Waals surface area contributed by atoms with Crippen LogP contribution >= 0.6 is 0 Å². The minimum absolute atomic E-state index is 0.0906. The third-order valence-electron chi connectivity index (χ3n) is 3.38.